The number of amides is 6. The molecule has 6 N–H and O–H groups in total. The number of nitrogens with one attached hydrogen (secondary N) is 4. The van der Waals surface area contributed by atoms with Crippen LogP contribution in [0.1, 0.15) is 74.3 Å². The molecular weight excluding hydrogens is 731 g/mol. The van der Waals surface area contributed by atoms with Crippen LogP contribution in [0.4, 0.5) is 4.79 Å². The van der Waals surface area contributed by atoms with Gasteiger partial charge in [-0.3, -0.25) is 39.3 Å². The number of hydroxylamine groups is 1. The van der Waals surface area contributed by atoms with Crippen LogP contribution in [0.3, 0.4) is 0 Å². The number of ether oxygens (including phenoxy) is 2. The summed E-state index contributed by atoms with van der Waals surface area (Å²) in [6.07, 6.45) is 1.90. The Balaban J connectivity index is 1.37. The molecule has 2 heterocycles. The van der Waals surface area contributed by atoms with E-state index < -0.39 is 34.5 Å². The fourth-order valence-electron chi connectivity index (χ4n) is 6.78. The van der Waals surface area contributed by atoms with Crippen LogP contribution in [0.2, 0.25) is 0 Å². The number of thioether (sulfide) groups is 1. The number of carbonyl (C=O) groups is 6. The largest absolute Gasteiger partial charge is 0.507 e. The minimum absolute atomic E-state index is 0.111. The number of benzene rings is 2. The van der Waals surface area contributed by atoms with Crippen LogP contribution in [0.25, 0.3) is 0 Å². The van der Waals surface area contributed by atoms with Crippen LogP contribution < -0.4 is 30.9 Å². The molecule has 2 unspecified atom stereocenters. The predicted octanol–water partition coefficient (Wildman–Crippen LogP) is 3.38. The van der Waals surface area contributed by atoms with Crippen LogP contribution >= 0.6 is 11.8 Å². The molecule has 2 aromatic rings. The van der Waals surface area contributed by atoms with Gasteiger partial charge in [0, 0.05) is 37.4 Å². The van der Waals surface area contributed by atoms with Crippen molar-refractivity contribution >= 4 is 46.5 Å². The normalized spacial score (nSPS) is 18.1. The van der Waals surface area contributed by atoms with Gasteiger partial charge in [-0.15, -0.1) is 0 Å². The molecule has 0 bridgehead atoms. The van der Waals surface area contributed by atoms with Crippen LogP contribution in [-0.4, -0.2) is 93.6 Å². The Morgan fingerprint density at radius 1 is 1.04 bits per heavy atom. The molecule has 3 atom stereocenters. The number of phenols is 1. The first-order chi connectivity index (χ1) is 26.0. The van der Waals surface area contributed by atoms with Crippen LogP contribution in [0.15, 0.2) is 24.3 Å². The lowest BCUT2D eigenvalue weighted by atomic mass is 9.86. The molecule has 2 aliphatic rings. The van der Waals surface area contributed by atoms with Crippen molar-refractivity contribution in [2.75, 3.05) is 32.8 Å². The summed E-state index contributed by atoms with van der Waals surface area (Å²) in [7, 11) is 0. The van der Waals surface area contributed by atoms with Crippen LogP contribution in [0, 0.1) is 32.6 Å². The Kier molecular flexibility index (Phi) is 14.9. The molecule has 4 rings (SSSR count). The van der Waals surface area contributed by atoms with Crippen molar-refractivity contribution in [2.24, 2.45) is 11.8 Å². The zero-order valence-electron chi connectivity index (χ0n) is 32.3. The van der Waals surface area contributed by atoms with Gasteiger partial charge in [-0.2, -0.15) is 0 Å². The lowest BCUT2D eigenvalue weighted by Crippen LogP contribution is -2.54. The van der Waals surface area contributed by atoms with E-state index in [9.17, 15) is 33.9 Å². The third-order valence-electron chi connectivity index (χ3n) is 10.0. The number of nitrogens with zero attached hydrogens (tertiary/aromatic N) is 1. The predicted molar refractivity (Wildman–Crippen MR) is 205 cm³/mol. The summed E-state index contributed by atoms with van der Waals surface area (Å²) in [4.78, 5) is 76.4. The summed E-state index contributed by atoms with van der Waals surface area (Å²) in [6, 6.07) is 7.20. The SMILES string of the molecule is Cc1c(C)c2c(c(C)c1O)CCC(C)(C(=O)N(CCCNC(=O)CNC(=O)[C@@H](CC(=O)NO)CC(C)C)CCOc1ccc(CC3SC(=O)NC3=O)cc1)O2. The fraction of sp³-hybridized carbons (Fsp3) is 0.538. The van der Waals surface area contributed by atoms with E-state index in [-0.39, 0.29) is 67.9 Å². The molecular formula is C39H53N5O10S. The lowest BCUT2D eigenvalue weighted by molar-refractivity contribution is -0.148. The number of hydrogen-bond acceptors (Lipinski definition) is 11. The second-order valence-electron chi connectivity index (χ2n) is 14.7. The van der Waals surface area contributed by atoms with E-state index >= 15 is 0 Å². The second kappa shape index (κ2) is 19.2. The summed E-state index contributed by atoms with van der Waals surface area (Å²) >= 11 is 0.972. The fourth-order valence-corrected chi connectivity index (χ4v) is 7.64. The Labute approximate surface area is 325 Å². The topological polar surface area (TPSA) is 213 Å². The maximum atomic E-state index is 14.3. The lowest BCUT2D eigenvalue weighted by Gasteiger charge is -2.39. The van der Waals surface area contributed by atoms with Gasteiger partial charge < -0.3 is 30.1 Å². The first-order valence-electron chi connectivity index (χ1n) is 18.5. The van der Waals surface area contributed by atoms with Gasteiger partial charge in [-0.1, -0.05) is 37.7 Å². The molecule has 0 aliphatic carbocycles. The quantitative estimate of drug-likeness (QED) is 0.0733. The van der Waals surface area contributed by atoms with Gasteiger partial charge in [-0.25, -0.2) is 5.48 Å². The number of carbonyl (C=O) groups excluding carboxylic acids is 6. The van der Waals surface area contributed by atoms with Crippen molar-refractivity contribution in [1.29, 1.82) is 0 Å². The Hall–Kier alpha value is -4.83. The molecule has 2 aliphatic heterocycles. The van der Waals surface area contributed by atoms with Gasteiger partial charge in [0.25, 0.3) is 11.1 Å². The molecule has 0 aromatic heterocycles. The van der Waals surface area contributed by atoms with E-state index in [1.807, 2.05) is 46.8 Å². The summed E-state index contributed by atoms with van der Waals surface area (Å²) < 4.78 is 12.5. The number of rotatable bonds is 18. The molecule has 2 aromatic carbocycles. The molecule has 55 heavy (non-hydrogen) atoms. The van der Waals surface area contributed by atoms with Crippen molar-refractivity contribution in [3.05, 3.63) is 52.1 Å². The van der Waals surface area contributed by atoms with Crippen molar-refractivity contribution in [2.45, 2.75) is 90.9 Å². The summed E-state index contributed by atoms with van der Waals surface area (Å²) in [5, 5.41) is 26.3. The number of phenolic OH excluding ortho intramolecular Hbond substituents is 1. The molecule has 6 amide bonds. The Bertz CT molecular complexity index is 1770. The minimum atomic E-state index is -1.20. The Morgan fingerprint density at radius 2 is 1.75 bits per heavy atom. The molecule has 0 spiro atoms. The van der Waals surface area contributed by atoms with Crippen molar-refractivity contribution in [3.8, 4) is 17.2 Å². The molecule has 1 fully saturated rings. The molecule has 0 radical (unpaired) electrons. The average molecular weight is 784 g/mol. The van der Waals surface area contributed by atoms with Crippen molar-refractivity contribution in [1.82, 2.24) is 26.3 Å². The van der Waals surface area contributed by atoms with Crippen molar-refractivity contribution in [3.63, 3.8) is 0 Å². The minimum Gasteiger partial charge on any atom is -0.507 e. The smallest absolute Gasteiger partial charge is 0.286 e. The highest BCUT2D eigenvalue weighted by molar-refractivity contribution is 8.15. The monoisotopic (exact) mass is 783 g/mol. The standard InChI is InChI=1S/C39H53N5O10S/c1-22(2)18-27(20-31(45)43-52)35(48)41-21-32(46)40-14-7-15-44(16-17-53-28-10-8-26(9-11-28)19-30-36(49)42-38(51)55-30)37(50)39(6)13-12-29-25(5)33(47)23(3)24(4)34(29)54-39/h8-11,22,27,30,47,52H,7,12-21H2,1-6H3,(H,40,46)(H,41,48)(H,43,45)(H,42,49,51)/t27-,30?,39?/m1/s1. The van der Waals surface area contributed by atoms with Gasteiger partial charge in [0.15, 0.2) is 5.60 Å². The molecule has 15 nitrogen and oxygen atoms in total. The maximum Gasteiger partial charge on any atom is 0.286 e. The number of fused-ring (bicyclic) bond motifs is 1. The van der Waals surface area contributed by atoms with Gasteiger partial charge in [0.1, 0.15) is 23.9 Å². The second-order valence-corrected chi connectivity index (χ2v) is 15.9. The van der Waals surface area contributed by atoms with Gasteiger partial charge in [-0.05, 0) is 93.7 Å². The third-order valence-corrected chi connectivity index (χ3v) is 11.0. The summed E-state index contributed by atoms with van der Waals surface area (Å²) in [5.74, 6) is -1.34. The average Bonchev–Trinajstić information content (AvgIpc) is 3.47. The zero-order chi connectivity index (χ0) is 40.4. The van der Waals surface area contributed by atoms with Gasteiger partial charge >= 0.3 is 0 Å². The van der Waals surface area contributed by atoms with Crippen LogP contribution in [-0.2, 0) is 36.8 Å². The van der Waals surface area contributed by atoms with E-state index in [2.05, 4.69) is 16.0 Å². The maximum absolute atomic E-state index is 14.3. The molecule has 300 valence electrons. The zero-order valence-corrected chi connectivity index (χ0v) is 33.2. The molecule has 16 heteroatoms. The Morgan fingerprint density at radius 3 is 2.38 bits per heavy atom. The van der Waals surface area contributed by atoms with Gasteiger partial charge in [0.05, 0.1) is 18.3 Å². The third kappa shape index (κ3) is 11.4. The van der Waals surface area contributed by atoms with Crippen LogP contribution in [0.5, 0.6) is 17.2 Å². The van der Waals surface area contributed by atoms with E-state index in [1.54, 1.807) is 29.4 Å². The highest BCUT2D eigenvalue weighted by Crippen LogP contribution is 2.43. The first-order valence-corrected chi connectivity index (χ1v) is 19.4. The van der Waals surface area contributed by atoms with E-state index in [0.29, 0.717) is 49.2 Å². The van der Waals surface area contributed by atoms with E-state index in [4.69, 9.17) is 14.7 Å². The highest BCUT2D eigenvalue weighted by Gasteiger charge is 2.43. The summed E-state index contributed by atoms with van der Waals surface area (Å²) in [6.45, 7) is 11.6. The number of hydrogen-bond donors (Lipinski definition) is 6. The van der Waals surface area contributed by atoms with Gasteiger partial charge in [0.2, 0.25) is 23.6 Å². The summed E-state index contributed by atoms with van der Waals surface area (Å²) in [5.41, 5.74) is 4.30. The van der Waals surface area contributed by atoms with E-state index in [0.717, 1.165) is 34.0 Å². The number of imide groups is 1. The molecule has 0 saturated carbocycles. The highest BCUT2D eigenvalue weighted by atomic mass is 32.2. The van der Waals surface area contributed by atoms with Crippen molar-refractivity contribution < 1.29 is 48.6 Å². The number of aromatic hydroxyl groups is 1. The molecule has 1 saturated heterocycles. The first kappa shape index (κ1) is 42.9. The van der Waals surface area contributed by atoms with E-state index in [1.165, 1.54) is 0 Å².